The third-order valence-electron chi connectivity index (χ3n) is 6.61. The molecule has 0 amide bonds. The molecule has 2 fully saturated rings. The van der Waals surface area contributed by atoms with Crippen LogP contribution < -0.4 is 0 Å². The third-order valence-corrected chi connectivity index (χ3v) is 6.61. The number of carbonyl (C=O) groups is 1. The van der Waals surface area contributed by atoms with E-state index in [-0.39, 0.29) is 11.5 Å². The van der Waals surface area contributed by atoms with E-state index in [0.717, 1.165) is 38.5 Å². The Morgan fingerprint density at radius 3 is 2.95 bits per heavy atom. The first-order valence-electron chi connectivity index (χ1n) is 8.20. The highest BCUT2D eigenvalue weighted by atomic mass is 16.3. The monoisotopic (exact) mass is 272 g/mol. The number of hydrogen-bond donors (Lipinski definition) is 1. The van der Waals surface area contributed by atoms with Gasteiger partial charge in [-0.05, 0) is 44.4 Å². The first-order chi connectivity index (χ1) is 9.59. The van der Waals surface area contributed by atoms with Crippen LogP contribution >= 0.6 is 0 Å². The third kappa shape index (κ3) is 1.64. The van der Waals surface area contributed by atoms with E-state index in [1.165, 1.54) is 12.0 Å². The normalized spacial score (nSPS) is 43.8. The first kappa shape index (κ1) is 12.8. The van der Waals surface area contributed by atoms with E-state index in [0.29, 0.717) is 24.0 Å². The molecule has 0 bridgehead atoms. The van der Waals surface area contributed by atoms with Crippen LogP contribution in [0.15, 0.2) is 22.8 Å². The first-order valence-corrected chi connectivity index (χ1v) is 8.20. The molecule has 1 N–H and O–H groups in total. The number of fused-ring (bicyclic) bond motifs is 4. The Morgan fingerprint density at radius 1 is 1.25 bits per heavy atom. The fourth-order valence-corrected chi connectivity index (χ4v) is 5.39. The second kappa shape index (κ2) is 4.30. The summed E-state index contributed by atoms with van der Waals surface area (Å²) in [5.74, 6) is 1.62. The van der Waals surface area contributed by atoms with Crippen molar-refractivity contribution < 1.29 is 9.90 Å². The fourth-order valence-electron chi connectivity index (χ4n) is 5.39. The van der Waals surface area contributed by atoms with Crippen molar-refractivity contribution in [3.8, 4) is 0 Å². The lowest BCUT2D eigenvalue weighted by atomic mass is 9.58. The van der Waals surface area contributed by atoms with Crippen molar-refractivity contribution in [2.24, 2.45) is 17.3 Å². The molecule has 20 heavy (non-hydrogen) atoms. The fraction of sp³-hybridized carbons (Fsp3) is 0.722. The lowest BCUT2D eigenvalue weighted by molar-refractivity contribution is -0.118. The summed E-state index contributed by atoms with van der Waals surface area (Å²) in [5, 5.41) is 10.4. The molecular formula is C18H24O2. The molecular weight excluding hydrogens is 248 g/mol. The molecule has 0 spiro atoms. The molecule has 0 aromatic carbocycles. The minimum atomic E-state index is -0.113. The quantitative estimate of drug-likeness (QED) is 0.685. The summed E-state index contributed by atoms with van der Waals surface area (Å²) in [4.78, 5) is 11.7. The van der Waals surface area contributed by atoms with Crippen molar-refractivity contribution >= 4 is 5.78 Å². The van der Waals surface area contributed by atoms with Gasteiger partial charge in [0.1, 0.15) is 5.78 Å². The number of rotatable bonds is 0. The van der Waals surface area contributed by atoms with Crippen molar-refractivity contribution in [1.29, 1.82) is 0 Å². The Kier molecular flexibility index (Phi) is 2.76. The Bertz CT molecular complexity index is 528. The highest BCUT2D eigenvalue weighted by Crippen LogP contribution is 2.59. The molecule has 0 saturated heterocycles. The summed E-state index contributed by atoms with van der Waals surface area (Å²) in [5.41, 5.74) is 4.76. The Balaban J connectivity index is 1.68. The van der Waals surface area contributed by atoms with Crippen LogP contribution in [-0.4, -0.2) is 17.0 Å². The second-order valence-corrected chi connectivity index (χ2v) is 7.50. The molecule has 2 nitrogen and oxygen atoms in total. The zero-order valence-corrected chi connectivity index (χ0v) is 12.3. The maximum absolute atomic E-state index is 11.7. The van der Waals surface area contributed by atoms with Crippen molar-refractivity contribution in [2.75, 3.05) is 0 Å². The largest absolute Gasteiger partial charge is 0.393 e. The van der Waals surface area contributed by atoms with E-state index in [4.69, 9.17) is 0 Å². The SMILES string of the molecule is C[C@]12CC[C@H]3C(=CCC4=C3CCC(=O)C4)[C@@H]1CC[C@@H]2O. The summed E-state index contributed by atoms with van der Waals surface area (Å²) in [7, 11) is 0. The van der Waals surface area contributed by atoms with Crippen LogP contribution in [0.2, 0.25) is 0 Å². The van der Waals surface area contributed by atoms with Crippen LogP contribution in [0.3, 0.4) is 0 Å². The van der Waals surface area contributed by atoms with E-state index in [1.54, 1.807) is 11.1 Å². The van der Waals surface area contributed by atoms with Crippen molar-refractivity contribution in [3.63, 3.8) is 0 Å². The zero-order chi connectivity index (χ0) is 13.9. The molecule has 2 saturated carbocycles. The summed E-state index contributed by atoms with van der Waals surface area (Å²) in [6.45, 7) is 2.29. The number of aliphatic hydroxyl groups excluding tert-OH is 1. The molecule has 2 heteroatoms. The van der Waals surface area contributed by atoms with E-state index in [2.05, 4.69) is 13.0 Å². The van der Waals surface area contributed by atoms with Gasteiger partial charge < -0.3 is 5.11 Å². The summed E-state index contributed by atoms with van der Waals surface area (Å²) >= 11 is 0. The molecule has 108 valence electrons. The average molecular weight is 272 g/mol. The molecule has 4 aliphatic carbocycles. The average Bonchev–Trinajstić information content (AvgIpc) is 2.74. The maximum Gasteiger partial charge on any atom is 0.137 e. The lowest BCUT2D eigenvalue weighted by Gasteiger charge is -2.47. The Labute approximate surface area is 120 Å². The maximum atomic E-state index is 11.7. The number of allylic oxidation sites excluding steroid dienone is 4. The van der Waals surface area contributed by atoms with Gasteiger partial charge in [-0.15, -0.1) is 0 Å². The van der Waals surface area contributed by atoms with Gasteiger partial charge in [0.05, 0.1) is 6.10 Å². The van der Waals surface area contributed by atoms with Gasteiger partial charge in [0.15, 0.2) is 0 Å². The number of ketones is 1. The number of Topliss-reactive ketones (excluding diaryl/α,β-unsaturated/α-hetero) is 1. The highest BCUT2D eigenvalue weighted by molar-refractivity contribution is 5.83. The minimum Gasteiger partial charge on any atom is -0.393 e. The van der Waals surface area contributed by atoms with Gasteiger partial charge in [-0.25, -0.2) is 0 Å². The number of carbonyl (C=O) groups excluding carboxylic acids is 1. The van der Waals surface area contributed by atoms with Crippen molar-refractivity contribution in [2.45, 2.75) is 64.4 Å². The number of aliphatic hydroxyl groups is 1. The molecule has 0 aromatic rings. The van der Waals surface area contributed by atoms with Crippen molar-refractivity contribution in [3.05, 3.63) is 22.8 Å². The Morgan fingerprint density at radius 2 is 2.10 bits per heavy atom. The molecule has 0 unspecified atom stereocenters. The second-order valence-electron chi connectivity index (χ2n) is 7.50. The number of hydrogen-bond acceptors (Lipinski definition) is 2. The molecule has 0 aliphatic heterocycles. The topological polar surface area (TPSA) is 37.3 Å². The zero-order valence-electron chi connectivity index (χ0n) is 12.3. The smallest absolute Gasteiger partial charge is 0.137 e. The lowest BCUT2D eigenvalue weighted by Crippen LogP contribution is -2.40. The summed E-state index contributed by atoms with van der Waals surface area (Å²) in [6.07, 6.45) is 10.2. The van der Waals surface area contributed by atoms with Crippen LogP contribution in [0.25, 0.3) is 0 Å². The van der Waals surface area contributed by atoms with Gasteiger partial charge in [-0.3, -0.25) is 4.79 Å². The Hall–Kier alpha value is -0.890. The molecule has 0 radical (unpaired) electrons. The van der Waals surface area contributed by atoms with Crippen LogP contribution in [0.5, 0.6) is 0 Å². The van der Waals surface area contributed by atoms with Gasteiger partial charge in [-0.1, -0.05) is 29.7 Å². The summed E-state index contributed by atoms with van der Waals surface area (Å²) < 4.78 is 0. The molecule has 4 rings (SSSR count). The molecule has 4 aliphatic rings. The van der Waals surface area contributed by atoms with E-state index >= 15 is 0 Å². The van der Waals surface area contributed by atoms with Gasteiger partial charge in [0.25, 0.3) is 0 Å². The minimum absolute atomic E-state index is 0.113. The van der Waals surface area contributed by atoms with E-state index in [1.807, 2.05) is 0 Å². The van der Waals surface area contributed by atoms with Crippen molar-refractivity contribution in [1.82, 2.24) is 0 Å². The predicted octanol–water partition coefficient (Wildman–Crippen LogP) is 3.55. The molecule has 0 heterocycles. The van der Waals surface area contributed by atoms with Gasteiger partial charge in [0, 0.05) is 24.2 Å². The molecule has 4 atom stereocenters. The van der Waals surface area contributed by atoms with Gasteiger partial charge in [0.2, 0.25) is 0 Å². The van der Waals surface area contributed by atoms with Gasteiger partial charge >= 0.3 is 0 Å². The van der Waals surface area contributed by atoms with E-state index < -0.39 is 0 Å². The van der Waals surface area contributed by atoms with Crippen LogP contribution in [-0.2, 0) is 4.79 Å². The molecule has 0 aromatic heterocycles. The van der Waals surface area contributed by atoms with E-state index in [9.17, 15) is 9.90 Å². The van der Waals surface area contributed by atoms with Crippen LogP contribution in [0.1, 0.15) is 58.3 Å². The predicted molar refractivity (Wildman–Crippen MR) is 78.1 cm³/mol. The van der Waals surface area contributed by atoms with Crippen LogP contribution in [0, 0.1) is 17.3 Å². The van der Waals surface area contributed by atoms with Crippen LogP contribution in [0.4, 0.5) is 0 Å². The standard InChI is InChI=1S/C18H24O2/c1-18-9-8-14-13-5-3-12(19)10-11(13)2-4-15(14)16(18)6-7-17(18)20/h4,14,16-17,20H,2-3,5-10H2,1H3/t14-,16+,17+,18+/m1/s1. The van der Waals surface area contributed by atoms with Gasteiger partial charge in [-0.2, -0.15) is 0 Å². The summed E-state index contributed by atoms with van der Waals surface area (Å²) in [6, 6.07) is 0. The highest BCUT2D eigenvalue weighted by Gasteiger charge is 2.52.